The van der Waals surface area contributed by atoms with E-state index in [-0.39, 0.29) is 17.7 Å². The largest absolute Gasteiger partial charge is 0.380 e. The number of hydrogen-bond donors (Lipinski definition) is 2. The third-order valence-electron chi connectivity index (χ3n) is 3.95. The number of rotatable bonds is 8. The van der Waals surface area contributed by atoms with Gasteiger partial charge in [0.25, 0.3) is 0 Å². The van der Waals surface area contributed by atoms with E-state index < -0.39 is 0 Å². The molecular weight excluding hydrogens is 382 g/mol. The van der Waals surface area contributed by atoms with E-state index in [4.69, 9.17) is 16.3 Å². The summed E-state index contributed by atoms with van der Waals surface area (Å²) in [7, 11) is 0. The van der Waals surface area contributed by atoms with Crippen molar-refractivity contribution in [2.24, 2.45) is 0 Å². The molecule has 1 amide bonds. The van der Waals surface area contributed by atoms with Crippen molar-refractivity contribution >= 4 is 40.2 Å². The Bertz CT molecular complexity index is 989. The van der Waals surface area contributed by atoms with E-state index >= 15 is 0 Å². The van der Waals surface area contributed by atoms with Crippen LogP contribution >= 0.6 is 11.6 Å². The van der Waals surface area contributed by atoms with E-state index in [1.807, 2.05) is 26.0 Å². The lowest BCUT2D eigenvalue weighted by molar-refractivity contribution is -0.119. The Hall–Kier alpha value is -2.78. The molecule has 28 heavy (non-hydrogen) atoms. The van der Waals surface area contributed by atoms with Gasteiger partial charge >= 0.3 is 0 Å². The van der Waals surface area contributed by atoms with E-state index in [1.165, 1.54) is 6.92 Å². The zero-order valence-corrected chi connectivity index (χ0v) is 16.7. The first-order valence-corrected chi connectivity index (χ1v) is 9.30. The molecule has 0 saturated heterocycles. The van der Waals surface area contributed by atoms with Crippen LogP contribution in [0.25, 0.3) is 11.0 Å². The van der Waals surface area contributed by atoms with Crippen LogP contribution in [0.3, 0.4) is 0 Å². The molecule has 10 heteroatoms. The average Bonchev–Trinajstić information content (AvgIpc) is 2.98. The molecule has 0 aliphatic carbocycles. The van der Waals surface area contributed by atoms with Crippen molar-refractivity contribution in [2.75, 3.05) is 18.5 Å². The highest BCUT2D eigenvalue weighted by molar-refractivity contribution is 6.28. The van der Waals surface area contributed by atoms with Gasteiger partial charge in [0.2, 0.25) is 11.2 Å². The molecule has 0 fully saturated rings. The maximum atomic E-state index is 11.3. The lowest BCUT2D eigenvalue weighted by atomic mass is 10.3. The predicted molar refractivity (Wildman–Crippen MR) is 107 cm³/mol. The number of nitrogens with zero attached hydrogens (tertiary/aromatic N) is 5. The Kier molecular flexibility index (Phi) is 6.37. The normalized spacial score (nSPS) is 11.0. The van der Waals surface area contributed by atoms with Crippen LogP contribution in [0.15, 0.2) is 18.3 Å². The van der Waals surface area contributed by atoms with Gasteiger partial charge in [-0.25, -0.2) is 9.97 Å². The van der Waals surface area contributed by atoms with Crippen LogP contribution in [-0.2, 0) is 22.6 Å². The summed E-state index contributed by atoms with van der Waals surface area (Å²) in [5.41, 5.74) is 2.91. The minimum atomic E-state index is -0.153. The molecule has 0 atom stereocenters. The van der Waals surface area contributed by atoms with Gasteiger partial charge in [-0.15, -0.1) is 0 Å². The van der Waals surface area contributed by atoms with E-state index in [0.29, 0.717) is 48.1 Å². The van der Waals surface area contributed by atoms with Crippen LogP contribution in [-0.4, -0.2) is 43.9 Å². The Balaban J connectivity index is 2.06. The molecule has 2 N–H and O–H groups in total. The predicted octanol–water partition coefficient (Wildman–Crippen LogP) is 2.60. The van der Waals surface area contributed by atoms with Crippen molar-refractivity contribution in [2.45, 2.75) is 33.9 Å². The van der Waals surface area contributed by atoms with Crippen molar-refractivity contribution in [3.8, 4) is 0 Å². The number of hydrogen-bond acceptors (Lipinski definition) is 7. The number of anilines is 2. The lowest BCUT2D eigenvalue weighted by Gasteiger charge is -2.10. The van der Waals surface area contributed by atoms with Crippen LogP contribution in [0.2, 0.25) is 5.28 Å². The first-order chi connectivity index (χ1) is 13.5. The second-order valence-electron chi connectivity index (χ2n) is 6.16. The molecule has 3 rings (SSSR count). The molecule has 148 valence electrons. The summed E-state index contributed by atoms with van der Waals surface area (Å²) >= 11 is 6.16. The molecule has 3 aromatic heterocycles. The summed E-state index contributed by atoms with van der Waals surface area (Å²) in [5.74, 6) is 0.975. The van der Waals surface area contributed by atoms with Crippen molar-refractivity contribution in [3.05, 3.63) is 34.9 Å². The Labute approximate surface area is 167 Å². The Morgan fingerprint density at radius 2 is 2.18 bits per heavy atom. The Morgan fingerprint density at radius 3 is 2.89 bits per heavy atom. The number of halogens is 1. The van der Waals surface area contributed by atoms with Gasteiger partial charge in [-0.2, -0.15) is 10.1 Å². The van der Waals surface area contributed by atoms with Gasteiger partial charge in [0.05, 0.1) is 19.7 Å². The molecule has 0 spiro atoms. The van der Waals surface area contributed by atoms with Crippen molar-refractivity contribution in [3.63, 3.8) is 0 Å². The minimum Gasteiger partial charge on any atom is -0.380 e. The number of amides is 1. The number of fused-ring (bicyclic) bond motifs is 1. The molecule has 0 saturated carbocycles. The number of ether oxygens (including phenoxy) is 1. The fourth-order valence-electron chi connectivity index (χ4n) is 2.71. The fourth-order valence-corrected chi connectivity index (χ4v) is 2.88. The number of aryl methyl sites for hydroxylation is 1. The summed E-state index contributed by atoms with van der Waals surface area (Å²) < 4.78 is 7.22. The van der Waals surface area contributed by atoms with Crippen LogP contribution < -0.4 is 10.6 Å². The van der Waals surface area contributed by atoms with Crippen molar-refractivity contribution in [1.82, 2.24) is 30.0 Å². The topological polar surface area (TPSA) is 107 Å². The smallest absolute Gasteiger partial charge is 0.225 e. The van der Waals surface area contributed by atoms with Crippen LogP contribution in [0.1, 0.15) is 25.1 Å². The number of carbonyl (C=O) groups excluding carboxylic acids is 1. The van der Waals surface area contributed by atoms with Crippen molar-refractivity contribution < 1.29 is 9.53 Å². The molecule has 0 aromatic carbocycles. The molecule has 0 aliphatic heterocycles. The SMILES string of the molecule is CCOCCn1nc(CNC(C)=O)c2nc(Cl)nc(Nc3cc(C)ccn3)c21. The van der Waals surface area contributed by atoms with Crippen LogP contribution in [0, 0.1) is 6.92 Å². The molecule has 9 nitrogen and oxygen atoms in total. The molecule has 3 aromatic rings. The lowest BCUT2D eigenvalue weighted by Crippen LogP contribution is -2.19. The number of aromatic nitrogens is 5. The average molecular weight is 404 g/mol. The van der Waals surface area contributed by atoms with Gasteiger partial charge in [-0.1, -0.05) is 0 Å². The number of pyridine rings is 1. The van der Waals surface area contributed by atoms with Gasteiger partial charge in [0.1, 0.15) is 22.5 Å². The first-order valence-electron chi connectivity index (χ1n) is 8.92. The third-order valence-corrected chi connectivity index (χ3v) is 4.12. The molecular formula is C18H22ClN7O2. The summed E-state index contributed by atoms with van der Waals surface area (Å²) in [6, 6.07) is 3.81. The molecule has 0 radical (unpaired) electrons. The van der Waals surface area contributed by atoms with E-state index in [1.54, 1.807) is 10.9 Å². The zero-order chi connectivity index (χ0) is 20.1. The van der Waals surface area contributed by atoms with Crippen molar-refractivity contribution in [1.29, 1.82) is 0 Å². The maximum Gasteiger partial charge on any atom is 0.225 e. The van der Waals surface area contributed by atoms with Crippen LogP contribution in [0.4, 0.5) is 11.6 Å². The van der Waals surface area contributed by atoms with Gasteiger partial charge in [0, 0.05) is 19.7 Å². The summed E-state index contributed by atoms with van der Waals surface area (Å²) in [4.78, 5) is 24.3. The summed E-state index contributed by atoms with van der Waals surface area (Å²) in [6.45, 7) is 7.20. The highest BCUT2D eigenvalue weighted by Gasteiger charge is 2.19. The fraction of sp³-hybridized carbons (Fsp3) is 0.389. The highest BCUT2D eigenvalue weighted by atomic mass is 35.5. The maximum absolute atomic E-state index is 11.3. The minimum absolute atomic E-state index is 0.0797. The molecule has 0 aliphatic rings. The summed E-state index contributed by atoms with van der Waals surface area (Å²) in [5, 5.41) is 10.6. The van der Waals surface area contributed by atoms with Gasteiger partial charge in [0.15, 0.2) is 5.82 Å². The highest BCUT2D eigenvalue weighted by Crippen LogP contribution is 2.27. The molecule has 3 heterocycles. The molecule has 0 bridgehead atoms. The van der Waals surface area contributed by atoms with Gasteiger partial charge < -0.3 is 15.4 Å². The number of nitrogens with one attached hydrogen (secondary N) is 2. The quantitative estimate of drug-likeness (QED) is 0.439. The van der Waals surface area contributed by atoms with Crippen LogP contribution in [0.5, 0.6) is 0 Å². The second-order valence-corrected chi connectivity index (χ2v) is 6.50. The Morgan fingerprint density at radius 1 is 1.36 bits per heavy atom. The zero-order valence-electron chi connectivity index (χ0n) is 16.0. The number of carbonyl (C=O) groups is 1. The second kappa shape index (κ2) is 8.94. The van der Waals surface area contributed by atoms with E-state index in [9.17, 15) is 4.79 Å². The monoisotopic (exact) mass is 403 g/mol. The molecule has 0 unspecified atom stereocenters. The standard InChI is InChI=1S/C18H22ClN7O2/c1-4-28-8-7-26-16-15(13(25-26)10-21-12(3)27)23-18(19)24-17(16)22-14-9-11(2)5-6-20-14/h5-6,9H,4,7-8,10H2,1-3H3,(H,21,27)(H,20,22,23,24). The third kappa shape index (κ3) is 4.73. The van der Waals surface area contributed by atoms with Gasteiger partial charge in [-0.3, -0.25) is 9.48 Å². The van der Waals surface area contributed by atoms with Gasteiger partial charge in [-0.05, 0) is 43.1 Å². The summed E-state index contributed by atoms with van der Waals surface area (Å²) in [6.07, 6.45) is 1.71. The van der Waals surface area contributed by atoms with E-state index in [0.717, 1.165) is 5.56 Å². The first kappa shape index (κ1) is 20.0. The van der Waals surface area contributed by atoms with E-state index in [2.05, 4.69) is 30.7 Å².